The summed E-state index contributed by atoms with van der Waals surface area (Å²) < 4.78 is 5.93. The van der Waals surface area contributed by atoms with E-state index in [0.717, 1.165) is 6.61 Å². The molecular formula is C17H26O. The fourth-order valence-electron chi connectivity index (χ4n) is 2.85. The Morgan fingerprint density at radius 2 is 1.67 bits per heavy atom. The summed E-state index contributed by atoms with van der Waals surface area (Å²) in [7, 11) is 0. The van der Waals surface area contributed by atoms with E-state index in [9.17, 15) is 0 Å². The van der Waals surface area contributed by atoms with Gasteiger partial charge in [-0.25, -0.2) is 0 Å². The van der Waals surface area contributed by atoms with E-state index >= 15 is 0 Å². The van der Waals surface area contributed by atoms with E-state index in [1.807, 2.05) is 0 Å². The normalized spacial score (nSPS) is 22.7. The van der Waals surface area contributed by atoms with E-state index in [-0.39, 0.29) is 5.60 Å². The van der Waals surface area contributed by atoms with Crippen molar-refractivity contribution in [3.63, 3.8) is 0 Å². The Labute approximate surface area is 112 Å². The first kappa shape index (κ1) is 13.6. The molecule has 1 aromatic rings. The molecule has 1 heterocycles. The van der Waals surface area contributed by atoms with Gasteiger partial charge in [-0.3, -0.25) is 0 Å². The number of unbranched alkanes of at least 4 members (excludes halogenated alkanes) is 5. The van der Waals surface area contributed by atoms with Crippen LogP contribution in [0, 0.1) is 0 Å². The van der Waals surface area contributed by atoms with Crippen molar-refractivity contribution in [2.24, 2.45) is 0 Å². The molecule has 18 heavy (non-hydrogen) atoms. The zero-order valence-electron chi connectivity index (χ0n) is 11.7. The van der Waals surface area contributed by atoms with Gasteiger partial charge >= 0.3 is 0 Å². The highest BCUT2D eigenvalue weighted by Gasteiger charge is 2.39. The first-order chi connectivity index (χ1) is 8.87. The predicted octanol–water partition coefficient (Wildman–Crippen LogP) is 5.05. The number of rotatable bonds is 8. The van der Waals surface area contributed by atoms with E-state index in [1.165, 1.54) is 56.9 Å². The van der Waals surface area contributed by atoms with E-state index in [2.05, 4.69) is 37.3 Å². The lowest BCUT2D eigenvalue weighted by molar-refractivity contribution is -0.159. The highest BCUT2D eigenvalue weighted by atomic mass is 16.5. The molecule has 0 spiro atoms. The van der Waals surface area contributed by atoms with E-state index in [4.69, 9.17) is 4.74 Å². The summed E-state index contributed by atoms with van der Waals surface area (Å²) in [6.45, 7) is 3.21. The van der Waals surface area contributed by atoms with Crippen LogP contribution in [-0.4, -0.2) is 6.61 Å². The lowest BCUT2D eigenvalue weighted by Crippen LogP contribution is -2.40. The molecule has 1 aliphatic heterocycles. The van der Waals surface area contributed by atoms with Gasteiger partial charge in [0.05, 0.1) is 12.2 Å². The second kappa shape index (κ2) is 6.94. The van der Waals surface area contributed by atoms with Crippen molar-refractivity contribution in [3.05, 3.63) is 35.9 Å². The second-order valence-electron chi connectivity index (χ2n) is 5.48. The van der Waals surface area contributed by atoms with Crippen LogP contribution in [0.5, 0.6) is 0 Å². The van der Waals surface area contributed by atoms with Gasteiger partial charge in [0.25, 0.3) is 0 Å². The smallest absolute Gasteiger partial charge is 0.0953 e. The second-order valence-corrected chi connectivity index (χ2v) is 5.48. The van der Waals surface area contributed by atoms with Gasteiger partial charge in [-0.15, -0.1) is 0 Å². The third-order valence-corrected chi connectivity index (χ3v) is 4.12. The highest BCUT2D eigenvalue weighted by molar-refractivity contribution is 5.24. The van der Waals surface area contributed by atoms with Crippen LogP contribution in [0.25, 0.3) is 0 Å². The standard InChI is InChI=1S/C17H26O/c1-2-3-4-5-6-10-13-17(14-15-18-17)16-11-8-7-9-12-16/h7-9,11-12H,2-6,10,13-15H2,1H3. The minimum atomic E-state index is 0.0615. The summed E-state index contributed by atoms with van der Waals surface area (Å²) in [5.74, 6) is 0. The maximum atomic E-state index is 5.93. The summed E-state index contributed by atoms with van der Waals surface area (Å²) in [6, 6.07) is 10.8. The fourth-order valence-corrected chi connectivity index (χ4v) is 2.85. The maximum Gasteiger partial charge on any atom is 0.0953 e. The molecule has 0 aliphatic carbocycles. The van der Waals surface area contributed by atoms with Gasteiger partial charge in [0, 0.05) is 6.42 Å². The predicted molar refractivity (Wildman–Crippen MR) is 76.7 cm³/mol. The molecule has 1 atom stereocenters. The van der Waals surface area contributed by atoms with Crippen molar-refractivity contribution in [2.45, 2.75) is 63.9 Å². The van der Waals surface area contributed by atoms with Crippen LogP contribution in [0.15, 0.2) is 30.3 Å². The molecule has 100 valence electrons. The zero-order valence-corrected chi connectivity index (χ0v) is 11.7. The molecule has 1 saturated heterocycles. The van der Waals surface area contributed by atoms with Crippen molar-refractivity contribution < 1.29 is 4.74 Å². The van der Waals surface area contributed by atoms with Crippen LogP contribution in [0.3, 0.4) is 0 Å². The van der Waals surface area contributed by atoms with Crippen LogP contribution in [-0.2, 0) is 10.3 Å². The van der Waals surface area contributed by atoms with Gasteiger partial charge in [-0.05, 0) is 12.0 Å². The monoisotopic (exact) mass is 246 g/mol. The summed E-state index contributed by atoms with van der Waals surface area (Å²) in [5.41, 5.74) is 1.44. The maximum absolute atomic E-state index is 5.93. The molecule has 1 nitrogen and oxygen atoms in total. The highest BCUT2D eigenvalue weighted by Crippen LogP contribution is 2.41. The van der Waals surface area contributed by atoms with Crippen LogP contribution in [0.1, 0.15) is 63.9 Å². The molecule has 1 fully saturated rings. The Bertz CT molecular complexity index is 327. The fraction of sp³-hybridized carbons (Fsp3) is 0.647. The number of ether oxygens (including phenoxy) is 1. The Balaban J connectivity index is 1.76. The van der Waals surface area contributed by atoms with E-state index in [0.29, 0.717) is 0 Å². The lowest BCUT2D eigenvalue weighted by atomic mass is 9.82. The van der Waals surface area contributed by atoms with Crippen molar-refractivity contribution in [3.8, 4) is 0 Å². The molecule has 0 amide bonds. The van der Waals surface area contributed by atoms with Gasteiger partial charge in [0.2, 0.25) is 0 Å². The molecule has 0 saturated carbocycles. The number of benzene rings is 1. The van der Waals surface area contributed by atoms with Crippen molar-refractivity contribution in [2.75, 3.05) is 6.61 Å². The first-order valence-corrected chi connectivity index (χ1v) is 7.57. The molecule has 0 N–H and O–H groups in total. The van der Waals surface area contributed by atoms with Crippen molar-refractivity contribution in [1.29, 1.82) is 0 Å². The lowest BCUT2D eigenvalue weighted by Gasteiger charge is -2.42. The Kier molecular flexibility index (Phi) is 5.25. The zero-order chi connectivity index (χ0) is 12.7. The minimum absolute atomic E-state index is 0.0615. The average molecular weight is 246 g/mol. The van der Waals surface area contributed by atoms with Gasteiger partial charge in [0.15, 0.2) is 0 Å². The summed E-state index contributed by atoms with van der Waals surface area (Å²) in [6.07, 6.45) is 10.6. The summed E-state index contributed by atoms with van der Waals surface area (Å²) in [5, 5.41) is 0. The molecule has 0 bridgehead atoms. The van der Waals surface area contributed by atoms with Gasteiger partial charge in [0.1, 0.15) is 0 Å². The topological polar surface area (TPSA) is 9.23 Å². The SMILES string of the molecule is CCCCCCCCC1(c2ccccc2)CCO1. The Morgan fingerprint density at radius 1 is 1.00 bits per heavy atom. The van der Waals surface area contributed by atoms with Gasteiger partial charge in [-0.2, -0.15) is 0 Å². The minimum Gasteiger partial charge on any atom is -0.370 e. The largest absolute Gasteiger partial charge is 0.370 e. The first-order valence-electron chi connectivity index (χ1n) is 7.57. The molecular weight excluding hydrogens is 220 g/mol. The molecule has 1 unspecified atom stereocenters. The summed E-state index contributed by atoms with van der Waals surface area (Å²) >= 11 is 0. The Hall–Kier alpha value is -0.820. The van der Waals surface area contributed by atoms with Crippen molar-refractivity contribution >= 4 is 0 Å². The molecule has 0 radical (unpaired) electrons. The Morgan fingerprint density at radius 3 is 2.28 bits per heavy atom. The van der Waals surface area contributed by atoms with E-state index < -0.39 is 0 Å². The average Bonchev–Trinajstić information content (AvgIpc) is 2.37. The molecule has 1 aromatic carbocycles. The third kappa shape index (κ3) is 3.35. The van der Waals surface area contributed by atoms with Crippen LogP contribution in [0.2, 0.25) is 0 Å². The molecule has 1 aliphatic rings. The van der Waals surface area contributed by atoms with Gasteiger partial charge in [-0.1, -0.05) is 75.8 Å². The summed E-state index contributed by atoms with van der Waals surface area (Å²) in [4.78, 5) is 0. The van der Waals surface area contributed by atoms with Crippen LogP contribution in [0.4, 0.5) is 0 Å². The third-order valence-electron chi connectivity index (χ3n) is 4.12. The van der Waals surface area contributed by atoms with Gasteiger partial charge < -0.3 is 4.74 Å². The quantitative estimate of drug-likeness (QED) is 0.583. The van der Waals surface area contributed by atoms with Crippen LogP contribution >= 0.6 is 0 Å². The molecule has 1 heteroatoms. The number of hydrogen-bond acceptors (Lipinski definition) is 1. The van der Waals surface area contributed by atoms with E-state index in [1.54, 1.807) is 0 Å². The molecule has 0 aromatic heterocycles. The number of hydrogen-bond donors (Lipinski definition) is 0. The van der Waals surface area contributed by atoms with Crippen LogP contribution < -0.4 is 0 Å². The molecule has 2 rings (SSSR count). The van der Waals surface area contributed by atoms with Crippen molar-refractivity contribution in [1.82, 2.24) is 0 Å².